The van der Waals surface area contributed by atoms with Crippen molar-refractivity contribution < 1.29 is 4.39 Å². The first-order valence-corrected chi connectivity index (χ1v) is 6.71. The Morgan fingerprint density at radius 2 is 2.00 bits per heavy atom. The van der Waals surface area contributed by atoms with Crippen molar-refractivity contribution in [1.29, 1.82) is 0 Å². The van der Waals surface area contributed by atoms with Crippen LogP contribution < -0.4 is 5.32 Å². The molecule has 0 bridgehead atoms. The van der Waals surface area contributed by atoms with Crippen LogP contribution in [0, 0.1) is 17.2 Å². The van der Waals surface area contributed by atoms with E-state index in [9.17, 15) is 4.39 Å². The van der Waals surface area contributed by atoms with Gasteiger partial charge in [-0.25, -0.2) is 4.39 Å². The molecule has 0 saturated carbocycles. The van der Waals surface area contributed by atoms with Crippen LogP contribution in [0.5, 0.6) is 0 Å². The van der Waals surface area contributed by atoms with Crippen LogP contribution in [0.25, 0.3) is 0 Å². The highest BCUT2D eigenvalue weighted by Crippen LogP contribution is 2.26. The maximum Gasteiger partial charge on any atom is 0.141 e. The fourth-order valence-corrected chi connectivity index (χ4v) is 1.64. The molecule has 0 saturated heterocycles. The maximum atomic E-state index is 12.9. The normalized spacial score (nSPS) is 13.9. The van der Waals surface area contributed by atoms with Gasteiger partial charge < -0.3 is 5.32 Å². The number of aromatic nitrogens is 1. The van der Waals surface area contributed by atoms with Crippen LogP contribution in [0.4, 0.5) is 4.39 Å². The average molecular weight is 252 g/mol. The number of nitrogens with zero attached hydrogens (tertiary/aromatic N) is 1. The largest absolute Gasteiger partial charge is 0.308 e. The highest BCUT2D eigenvalue weighted by Gasteiger charge is 2.23. The van der Waals surface area contributed by atoms with Crippen molar-refractivity contribution in [3.8, 4) is 0 Å². The van der Waals surface area contributed by atoms with Gasteiger partial charge in [0.25, 0.3) is 0 Å². The molecule has 1 atom stereocenters. The SMILES string of the molecule is CCC(NCC(C)(C)C(C)C)c1ccc(F)cn1. The van der Waals surface area contributed by atoms with Gasteiger partial charge in [0.05, 0.1) is 11.9 Å². The molecule has 0 spiro atoms. The Labute approximate surface area is 110 Å². The third kappa shape index (κ3) is 4.05. The molecule has 0 amide bonds. The first-order chi connectivity index (χ1) is 8.36. The second-order valence-corrected chi connectivity index (χ2v) is 5.89. The fourth-order valence-electron chi connectivity index (χ4n) is 1.64. The van der Waals surface area contributed by atoms with E-state index in [-0.39, 0.29) is 17.3 Å². The summed E-state index contributed by atoms with van der Waals surface area (Å²) in [5.41, 5.74) is 1.16. The van der Waals surface area contributed by atoms with Gasteiger partial charge in [-0.3, -0.25) is 4.98 Å². The lowest BCUT2D eigenvalue weighted by Gasteiger charge is -2.31. The van der Waals surface area contributed by atoms with Crippen LogP contribution in [0.2, 0.25) is 0 Å². The molecule has 1 heterocycles. The van der Waals surface area contributed by atoms with Crippen molar-refractivity contribution in [3.05, 3.63) is 29.8 Å². The van der Waals surface area contributed by atoms with Crippen molar-refractivity contribution in [3.63, 3.8) is 0 Å². The lowest BCUT2D eigenvalue weighted by Crippen LogP contribution is -2.35. The lowest BCUT2D eigenvalue weighted by atomic mass is 9.81. The zero-order valence-corrected chi connectivity index (χ0v) is 12.1. The van der Waals surface area contributed by atoms with E-state index in [0.29, 0.717) is 5.92 Å². The Kier molecular flexibility index (Phi) is 5.27. The van der Waals surface area contributed by atoms with Gasteiger partial charge in [-0.1, -0.05) is 34.6 Å². The van der Waals surface area contributed by atoms with Crippen LogP contribution in [0.15, 0.2) is 18.3 Å². The van der Waals surface area contributed by atoms with E-state index >= 15 is 0 Å². The molecule has 1 aromatic rings. The Balaban J connectivity index is 2.66. The molecular formula is C15H25FN2. The molecular weight excluding hydrogens is 227 g/mol. The molecule has 1 unspecified atom stereocenters. The number of pyridine rings is 1. The van der Waals surface area contributed by atoms with Crippen LogP contribution in [0.3, 0.4) is 0 Å². The van der Waals surface area contributed by atoms with E-state index < -0.39 is 0 Å². The van der Waals surface area contributed by atoms with Crippen molar-refractivity contribution >= 4 is 0 Å². The minimum Gasteiger partial charge on any atom is -0.308 e. The molecule has 1 rings (SSSR count). The van der Waals surface area contributed by atoms with Crippen LogP contribution in [-0.2, 0) is 0 Å². The van der Waals surface area contributed by atoms with Gasteiger partial charge in [0.2, 0.25) is 0 Å². The van der Waals surface area contributed by atoms with Crippen LogP contribution >= 0.6 is 0 Å². The molecule has 2 nitrogen and oxygen atoms in total. The number of nitrogens with one attached hydrogen (secondary N) is 1. The van der Waals surface area contributed by atoms with Crippen molar-refractivity contribution in [2.24, 2.45) is 11.3 Å². The molecule has 0 radical (unpaired) electrons. The molecule has 102 valence electrons. The summed E-state index contributed by atoms with van der Waals surface area (Å²) in [6, 6.07) is 3.43. The van der Waals surface area contributed by atoms with Crippen LogP contribution in [-0.4, -0.2) is 11.5 Å². The standard InChI is InChI=1S/C15H25FN2/c1-6-13(14-8-7-12(16)9-17-14)18-10-15(4,5)11(2)3/h7-9,11,13,18H,6,10H2,1-5H3. The molecule has 18 heavy (non-hydrogen) atoms. The summed E-state index contributed by atoms with van der Waals surface area (Å²) in [6.45, 7) is 12.0. The van der Waals surface area contributed by atoms with Gasteiger partial charge >= 0.3 is 0 Å². The highest BCUT2D eigenvalue weighted by molar-refractivity contribution is 5.09. The zero-order valence-electron chi connectivity index (χ0n) is 12.1. The third-order valence-electron chi connectivity index (χ3n) is 3.88. The summed E-state index contributed by atoms with van der Waals surface area (Å²) in [6.07, 6.45) is 2.24. The van der Waals surface area contributed by atoms with E-state index in [1.54, 1.807) is 6.07 Å². The van der Waals surface area contributed by atoms with Crippen molar-refractivity contribution in [1.82, 2.24) is 10.3 Å². The molecule has 0 aliphatic rings. The minimum atomic E-state index is -0.281. The Morgan fingerprint density at radius 3 is 2.44 bits per heavy atom. The summed E-state index contributed by atoms with van der Waals surface area (Å²) < 4.78 is 12.9. The quantitative estimate of drug-likeness (QED) is 0.829. The first-order valence-electron chi connectivity index (χ1n) is 6.71. The molecule has 1 N–H and O–H groups in total. The fraction of sp³-hybridized carbons (Fsp3) is 0.667. The van der Waals surface area contributed by atoms with E-state index in [0.717, 1.165) is 18.7 Å². The van der Waals surface area contributed by atoms with E-state index in [1.807, 2.05) is 0 Å². The molecule has 0 aliphatic heterocycles. The molecule has 1 aromatic heterocycles. The molecule has 0 aromatic carbocycles. The minimum absolute atomic E-state index is 0.198. The monoisotopic (exact) mass is 252 g/mol. The molecule has 0 aliphatic carbocycles. The van der Waals surface area contributed by atoms with Gasteiger partial charge in [0.15, 0.2) is 0 Å². The summed E-state index contributed by atoms with van der Waals surface area (Å²) in [4.78, 5) is 4.16. The average Bonchev–Trinajstić information content (AvgIpc) is 2.31. The topological polar surface area (TPSA) is 24.9 Å². The number of hydrogen-bond acceptors (Lipinski definition) is 2. The third-order valence-corrected chi connectivity index (χ3v) is 3.88. The maximum absolute atomic E-state index is 12.9. The predicted octanol–water partition coefficient (Wildman–Crippen LogP) is 3.94. The number of hydrogen-bond donors (Lipinski definition) is 1. The molecule has 0 fully saturated rings. The van der Waals surface area contributed by atoms with Gasteiger partial charge in [0.1, 0.15) is 5.82 Å². The second kappa shape index (κ2) is 6.28. The predicted molar refractivity (Wildman–Crippen MR) is 73.8 cm³/mol. The van der Waals surface area contributed by atoms with E-state index in [1.165, 1.54) is 12.3 Å². The number of halogens is 1. The van der Waals surface area contributed by atoms with E-state index in [2.05, 4.69) is 44.9 Å². The summed E-state index contributed by atoms with van der Waals surface area (Å²) in [7, 11) is 0. The van der Waals surface area contributed by atoms with Gasteiger partial charge in [-0.2, -0.15) is 0 Å². The van der Waals surface area contributed by atoms with Crippen molar-refractivity contribution in [2.45, 2.75) is 47.1 Å². The van der Waals surface area contributed by atoms with Crippen LogP contribution in [0.1, 0.15) is 52.8 Å². The smallest absolute Gasteiger partial charge is 0.141 e. The number of rotatable bonds is 6. The zero-order chi connectivity index (χ0) is 13.8. The van der Waals surface area contributed by atoms with Gasteiger partial charge in [-0.15, -0.1) is 0 Å². The Hall–Kier alpha value is -0.960. The van der Waals surface area contributed by atoms with E-state index in [4.69, 9.17) is 0 Å². The second-order valence-electron chi connectivity index (χ2n) is 5.89. The highest BCUT2D eigenvalue weighted by atomic mass is 19.1. The molecule has 3 heteroatoms. The van der Waals surface area contributed by atoms with Gasteiger partial charge in [-0.05, 0) is 29.9 Å². The Morgan fingerprint density at radius 1 is 1.33 bits per heavy atom. The van der Waals surface area contributed by atoms with Gasteiger partial charge in [0, 0.05) is 12.6 Å². The Bertz CT molecular complexity index is 357. The summed E-state index contributed by atoms with van der Waals surface area (Å²) in [5.74, 6) is 0.333. The summed E-state index contributed by atoms with van der Waals surface area (Å²) >= 11 is 0. The summed E-state index contributed by atoms with van der Waals surface area (Å²) in [5, 5.41) is 3.54. The first kappa shape index (κ1) is 15.1. The van der Waals surface area contributed by atoms with Crippen molar-refractivity contribution in [2.75, 3.05) is 6.54 Å². The lowest BCUT2D eigenvalue weighted by molar-refractivity contribution is 0.226.